The summed E-state index contributed by atoms with van der Waals surface area (Å²) >= 11 is 1.62. The molecule has 7 nitrogen and oxygen atoms in total. The second-order valence-electron chi connectivity index (χ2n) is 6.92. The smallest absolute Gasteiger partial charge is 0.254 e. The molecule has 1 aliphatic rings. The highest BCUT2D eigenvalue weighted by atomic mass is 32.2. The molecule has 2 heterocycles. The number of pyridine rings is 1. The van der Waals surface area contributed by atoms with E-state index in [1.807, 2.05) is 19.1 Å². The van der Waals surface area contributed by atoms with Gasteiger partial charge < -0.3 is 19.3 Å². The normalized spacial score (nSPS) is 13.2. The number of nitrogens with zero attached hydrogens (tertiary/aromatic N) is 3. The molecule has 2 amide bonds. The number of hydrogen-bond acceptors (Lipinski definition) is 6. The van der Waals surface area contributed by atoms with Gasteiger partial charge in [-0.25, -0.2) is 4.39 Å². The van der Waals surface area contributed by atoms with Crippen molar-refractivity contribution < 1.29 is 18.7 Å². The first kappa shape index (κ1) is 24.5. The van der Waals surface area contributed by atoms with Gasteiger partial charge in [0.2, 0.25) is 6.41 Å². The molecule has 2 aromatic rings. The SMILES string of the molecule is CCCSNc1ccc(C(=O)N2CCN(C=O)CC2)cc1OC.Cc1ccc(F)cn1. The number of carbonyl (C=O) groups excluding carboxylic acids is 2. The van der Waals surface area contributed by atoms with Gasteiger partial charge in [0, 0.05) is 43.2 Å². The Morgan fingerprint density at radius 1 is 1.26 bits per heavy atom. The number of halogens is 1. The Labute approximate surface area is 187 Å². The molecule has 1 fully saturated rings. The van der Waals surface area contributed by atoms with Crippen LogP contribution in [0.5, 0.6) is 5.75 Å². The maximum Gasteiger partial charge on any atom is 0.254 e. The average molecular weight is 449 g/mol. The van der Waals surface area contributed by atoms with Crippen LogP contribution in [0.4, 0.5) is 10.1 Å². The molecule has 31 heavy (non-hydrogen) atoms. The fraction of sp³-hybridized carbons (Fsp3) is 0.409. The lowest BCUT2D eigenvalue weighted by Gasteiger charge is -2.32. The quantitative estimate of drug-likeness (QED) is 0.396. The van der Waals surface area contributed by atoms with Crippen LogP contribution in [-0.2, 0) is 4.79 Å². The fourth-order valence-corrected chi connectivity index (χ4v) is 3.43. The summed E-state index contributed by atoms with van der Waals surface area (Å²) in [6, 6.07) is 8.48. The molecule has 0 radical (unpaired) electrons. The van der Waals surface area contributed by atoms with E-state index in [1.165, 1.54) is 12.3 Å². The molecular weight excluding hydrogens is 419 g/mol. The van der Waals surface area contributed by atoms with E-state index in [1.54, 1.807) is 41.0 Å². The number of benzene rings is 1. The molecule has 0 spiro atoms. The first-order valence-electron chi connectivity index (χ1n) is 10.1. The van der Waals surface area contributed by atoms with Crippen LogP contribution in [0, 0.1) is 12.7 Å². The van der Waals surface area contributed by atoms with Crippen molar-refractivity contribution in [3.8, 4) is 5.75 Å². The first-order valence-corrected chi connectivity index (χ1v) is 11.1. The van der Waals surface area contributed by atoms with E-state index < -0.39 is 0 Å². The molecule has 0 bridgehead atoms. The predicted molar refractivity (Wildman–Crippen MR) is 122 cm³/mol. The van der Waals surface area contributed by atoms with Crippen molar-refractivity contribution in [2.75, 3.05) is 43.8 Å². The van der Waals surface area contributed by atoms with Crippen molar-refractivity contribution in [3.05, 3.63) is 53.6 Å². The number of carbonyl (C=O) groups is 2. The molecule has 1 aliphatic heterocycles. The number of nitrogens with one attached hydrogen (secondary N) is 1. The van der Waals surface area contributed by atoms with Crippen LogP contribution in [0.1, 0.15) is 29.4 Å². The third kappa shape index (κ3) is 7.75. The minimum absolute atomic E-state index is 0.0263. The Morgan fingerprint density at radius 2 is 2.00 bits per heavy atom. The van der Waals surface area contributed by atoms with E-state index >= 15 is 0 Å². The fourth-order valence-electron chi connectivity index (χ4n) is 2.80. The number of rotatable bonds is 7. The summed E-state index contributed by atoms with van der Waals surface area (Å²) in [5.74, 6) is 1.35. The highest BCUT2D eigenvalue weighted by molar-refractivity contribution is 8.00. The van der Waals surface area contributed by atoms with E-state index in [9.17, 15) is 14.0 Å². The van der Waals surface area contributed by atoms with Gasteiger partial charge in [-0.05, 0) is 43.7 Å². The number of ether oxygens (including phenoxy) is 1. The number of aromatic nitrogens is 1. The third-order valence-corrected chi connectivity index (χ3v) is 5.54. The zero-order valence-electron chi connectivity index (χ0n) is 18.1. The van der Waals surface area contributed by atoms with E-state index in [4.69, 9.17) is 4.74 Å². The molecule has 1 aromatic carbocycles. The van der Waals surface area contributed by atoms with Gasteiger partial charge in [-0.2, -0.15) is 0 Å². The van der Waals surface area contributed by atoms with Crippen LogP contribution in [0.15, 0.2) is 36.5 Å². The highest BCUT2D eigenvalue weighted by Gasteiger charge is 2.22. The van der Waals surface area contributed by atoms with Gasteiger partial charge in [-0.15, -0.1) is 0 Å². The number of hydrogen-bond donors (Lipinski definition) is 1. The maximum atomic E-state index is 12.6. The van der Waals surface area contributed by atoms with Gasteiger partial charge in [0.05, 0.1) is 19.0 Å². The van der Waals surface area contributed by atoms with E-state index in [0.717, 1.165) is 30.0 Å². The van der Waals surface area contributed by atoms with Gasteiger partial charge in [-0.3, -0.25) is 14.6 Å². The van der Waals surface area contributed by atoms with Gasteiger partial charge >= 0.3 is 0 Å². The summed E-state index contributed by atoms with van der Waals surface area (Å²) in [5, 5.41) is 0. The molecule has 0 atom stereocenters. The maximum absolute atomic E-state index is 12.6. The van der Waals surface area contributed by atoms with Crippen molar-refractivity contribution in [2.45, 2.75) is 20.3 Å². The lowest BCUT2D eigenvalue weighted by Crippen LogP contribution is -2.48. The van der Waals surface area contributed by atoms with Crippen molar-refractivity contribution >= 4 is 30.0 Å². The van der Waals surface area contributed by atoms with Crippen LogP contribution in [-0.4, -0.2) is 66.1 Å². The predicted octanol–water partition coefficient (Wildman–Crippen LogP) is 3.61. The molecule has 9 heteroatoms. The Hall–Kier alpha value is -2.81. The summed E-state index contributed by atoms with van der Waals surface area (Å²) in [7, 11) is 1.60. The Morgan fingerprint density at radius 3 is 2.55 bits per heavy atom. The first-order chi connectivity index (χ1) is 15.0. The topological polar surface area (TPSA) is 74.8 Å². The monoisotopic (exact) mass is 448 g/mol. The average Bonchev–Trinajstić information content (AvgIpc) is 2.81. The number of aryl methyl sites for hydroxylation is 1. The van der Waals surface area contributed by atoms with Crippen LogP contribution in [0.3, 0.4) is 0 Å². The molecule has 0 saturated carbocycles. The van der Waals surface area contributed by atoms with Gasteiger partial charge in [0.15, 0.2) is 0 Å². The van der Waals surface area contributed by atoms with Crippen LogP contribution < -0.4 is 9.46 Å². The minimum Gasteiger partial charge on any atom is -0.495 e. The van der Waals surface area contributed by atoms with Crippen LogP contribution in [0.25, 0.3) is 0 Å². The summed E-state index contributed by atoms with van der Waals surface area (Å²) in [6.45, 7) is 6.23. The number of piperazine rings is 1. The van der Waals surface area contributed by atoms with E-state index in [2.05, 4.69) is 16.6 Å². The molecule has 0 aliphatic carbocycles. The number of anilines is 1. The van der Waals surface area contributed by atoms with E-state index in [0.29, 0.717) is 37.5 Å². The Balaban J connectivity index is 0.000000357. The summed E-state index contributed by atoms with van der Waals surface area (Å²) in [4.78, 5) is 30.5. The van der Waals surface area contributed by atoms with Crippen molar-refractivity contribution in [1.82, 2.24) is 14.8 Å². The molecular formula is C22H29FN4O3S. The molecule has 1 saturated heterocycles. The van der Waals surface area contributed by atoms with E-state index in [-0.39, 0.29) is 11.7 Å². The molecule has 1 N–H and O–H groups in total. The minimum atomic E-state index is -0.282. The lowest BCUT2D eigenvalue weighted by atomic mass is 10.1. The second-order valence-corrected chi connectivity index (χ2v) is 7.82. The molecule has 168 valence electrons. The van der Waals surface area contributed by atoms with Crippen molar-refractivity contribution in [2.24, 2.45) is 0 Å². The molecule has 1 aromatic heterocycles. The summed E-state index contributed by atoms with van der Waals surface area (Å²) in [6.07, 6.45) is 3.12. The van der Waals surface area contributed by atoms with Crippen LogP contribution >= 0.6 is 11.9 Å². The summed E-state index contributed by atoms with van der Waals surface area (Å²) in [5.41, 5.74) is 2.31. The number of methoxy groups -OCH3 is 1. The Bertz CT molecular complexity index is 822. The molecule has 3 rings (SSSR count). The van der Waals surface area contributed by atoms with Gasteiger partial charge in [0.1, 0.15) is 11.6 Å². The Kier molecular flexibility index (Phi) is 10.1. The third-order valence-electron chi connectivity index (χ3n) is 4.56. The van der Waals surface area contributed by atoms with Crippen LogP contribution in [0.2, 0.25) is 0 Å². The lowest BCUT2D eigenvalue weighted by molar-refractivity contribution is -0.119. The van der Waals surface area contributed by atoms with Crippen molar-refractivity contribution in [3.63, 3.8) is 0 Å². The zero-order chi connectivity index (χ0) is 22.6. The second kappa shape index (κ2) is 12.8. The largest absolute Gasteiger partial charge is 0.495 e. The number of amides is 2. The highest BCUT2D eigenvalue weighted by Crippen LogP contribution is 2.28. The van der Waals surface area contributed by atoms with Crippen molar-refractivity contribution in [1.29, 1.82) is 0 Å². The zero-order valence-corrected chi connectivity index (χ0v) is 19.0. The molecule has 0 unspecified atom stereocenters. The summed E-state index contributed by atoms with van der Waals surface area (Å²) < 4.78 is 20.7. The van der Waals surface area contributed by atoms with Gasteiger partial charge in [-0.1, -0.05) is 18.9 Å². The van der Waals surface area contributed by atoms with Gasteiger partial charge in [0.25, 0.3) is 5.91 Å². The standard InChI is InChI=1S/C16H23N3O3S.C6H6FN/c1-3-10-23-17-14-5-4-13(11-15(14)22-2)16(21)19-8-6-18(12-20)7-9-19;1-5-2-3-6(7)4-8-5/h4-5,11-12,17H,3,6-10H2,1-2H3;2-4H,1H3.